The van der Waals surface area contributed by atoms with Crippen molar-refractivity contribution in [3.8, 4) is 0 Å². The molecular formula is C15H19IN2O3. The van der Waals surface area contributed by atoms with E-state index in [1.54, 1.807) is 11.0 Å². The van der Waals surface area contributed by atoms with Gasteiger partial charge in [-0.2, -0.15) is 0 Å². The van der Waals surface area contributed by atoms with Gasteiger partial charge < -0.3 is 15.0 Å². The van der Waals surface area contributed by atoms with E-state index in [-0.39, 0.29) is 18.4 Å². The van der Waals surface area contributed by atoms with Crippen LogP contribution in [-0.4, -0.2) is 49.1 Å². The van der Waals surface area contributed by atoms with Crippen molar-refractivity contribution < 1.29 is 14.3 Å². The Hall–Kier alpha value is -1.15. The molecule has 1 fully saturated rings. The molecule has 1 atom stereocenters. The molecule has 0 aliphatic carbocycles. The van der Waals surface area contributed by atoms with E-state index >= 15 is 0 Å². The van der Waals surface area contributed by atoms with Crippen LogP contribution < -0.4 is 5.32 Å². The number of ether oxygens (including phenoxy) is 1. The Labute approximate surface area is 138 Å². The summed E-state index contributed by atoms with van der Waals surface area (Å²) in [7, 11) is 0. The first kappa shape index (κ1) is 16.2. The summed E-state index contributed by atoms with van der Waals surface area (Å²) in [6.07, 6.45) is 0. The molecular weight excluding hydrogens is 383 g/mol. The molecule has 2 rings (SSSR count). The summed E-state index contributed by atoms with van der Waals surface area (Å²) in [5.74, 6) is -0.268. The predicted octanol–water partition coefficient (Wildman–Crippen LogP) is 1.58. The predicted molar refractivity (Wildman–Crippen MR) is 88.2 cm³/mol. The van der Waals surface area contributed by atoms with Gasteiger partial charge in [0, 0.05) is 16.7 Å². The Balaban J connectivity index is 2.26. The first-order valence-electron chi connectivity index (χ1n) is 6.97. The molecule has 0 aromatic heterocycles. The van der Waals surface area contributed by atoms with Crippen LogP contribution in [-0.2, 0) is 9.53 Å². The van der Waals surface area contributed by atoms with E-state index in [1.165, 1.54) is 0 Å². The number of amides is 2. The third-order valence-corrected chi connectivity index (χ3v) is 4.90. The lowest BCUT2D eigenvalue weighted by molar-refractivity contribution is -0.130. The minimum Gasteiger partial charge on any atom is -0.377 e. The summed E-state index contributed by atoms with van der Waals surface area (Å²) in [6.45, 7) is 5.52. The second-order valence-corrected chi connectivity index (χ2v) is 6.00. The SMILES string of the molecule is CCNC(=O)C1COCCN1C(=O)c1cccc(C)c1I. The van der Waals surface area contributed by atoms with Gasteiger partial charge in [0.1, 0.15) is 6.04 Å². The first-order chi connectivity index (χ1) is 10.1. The molecule has 6 heteroatoms. The van der Waals surface area contributed by atoms with Crippen molar-refractivity contribution in [1.82, 2.24) is 10.2 Å². The van der Waals surface area contributed by atoms with E-state index in [0.29, 0.717) is 25.3 Å². The van der Waals surface area contributed by atoms with Crippen LogP contribution in [0.1, 0.15) is 22.8 Å². The fraction of sp³-hybridized carbons (Fsp3) is 0.467. The van der Waals surface area contributed by atoms with Crippen LogP contribution in [0.2, 0.25) is 0 Å². The maximum atomic E-state index is 12.8. The Bertz CT molecular complexity index is 548. The monoisotopic (exact) mass is 402 g/mol. The molecule has 114 valence electrons. The third kappa shape index (κ3) is 3.55. The quantitative estimate of drug-likeness (QED) is 0.782. The average molecular weight is 402 g/mol. The van der Waals surface area contributed by atoms with Crippen molar-refractivity contribution in [1.29, 1.82) is 0 Å². The van der Waals surface area contributed by atoms with Gasteiger partial charge in [-0.1, -0.05) is 12.1 Å². The molecule has 1 unspecified atom stereocenters. The maximum Gasteiger partial charge on any atom is 0.255 e. The Kier molecular flexibility index (Phi) is 5.58. The molecule has 1 aromatic carbocycles. The molecule has 2 amide bonds. The molecule has 0 bridgehead atoms. The molecule has 1 aliphatic heterocycles. The molecule has 1 saturated heterocycles. The van der Waals surface area contributed by atoms with E-state index in [0.717, 1.165) is 9.13 Å². The molecule has 1 N–H and O–H groups in total. The normalized spacial score (nSPS) is 18.4. The van der Waals surface area contributed by atoms with Crippen molar-refractivity contribution in [2.75, 3.05) is 26.3 Å². The molecule has 0 spiro atoms. The third-order valence-electron chi connectivity index (χ3n) is 3.47. The molecule has 0 saturated carbocycles. The van der Waals surface area contributed by atoms with Crippen LogP contribution in [0.25, 0.3) is 0 Å². The van der Waals surface area contributed by atoms with Crippen LogP contribution in [0.5, 0.6) is 0 Å². The summed E-state index contributed by atoms with van der Waals surface area (Å²) in [5, 5.41) is 2.76. The van der Waals surface area contributed by atoms with Crippen LogP contribution in [0.4, 0.5) is 0 Å². The highest BCUT2D eigenvalue weighted by Gasteiger charge is 2.33. The number of morpholine rings is 1. The number of hydrogen-bond acceptors (Lipinski definition) is 3. The van der Waals surface area contributed by atoms with Gasteiger partial charge in [-0.3, -0.25) is 9.59 Å². The number of halogens is 1. The number of aryl methyl sites for hydroxylation is 1. The topological polar surface area (TPSA) is 58.6 Å². The van der Waals surface area contributed by atoms with Crippen molar-refractivity contribution >= 4 is 34.4 Å². The molecule has 21 heavy (non-hydrogen) atoms. The summed E-state index contributed by atoms with van der Waals surface area (Å²) >= 11 is 2.18. The number of nitrogens with one attached hydrogen (secondary N) is 1. The first-order valence-corrected chi connectivity index (χ1v) is 8.05. The summed E-state index contributed by atoms with van der Waals surface area (Å²) in [5.41, 5.74) is 1.70. The van der Waals surface area contributed by atoms with Crippen LogP contribution in [0.15, 0.2) is 18.2 Å². The number of hydrogen-bond donors (Lipinski definition) is 1. The van der Waals surface area contributed by atoms with Crippen molar-refractivity contribution in [3.05, 3.63) is 32.9 Å². The van der Waals surface area contributed by atoms with Crippen LogP contribution >= 0.6 is 22.6 Å². The molecule has 1 aliphatic rings. The van der Waals surface area contributed by atoms with Gasteiger partial charge in [0.05, 0.1) is 18.8 Å². The highest BCUT2D eigenvalue weighted by atomic mass is 127. The standard InChI is InChI=1S/C15H19IN2O3/c1-3-17-14(19)12-9-21-8-7-18(12)15(20)11-6-4-5-10(2)13(11)16/h4-6,12H,3,7-9H2,1-2H3,(H,17,19). The highest BCUT2D eigenvalue weighted by molar-refractivity contribution is 14.1. The number of rotatable bonds is 3. The fourth-order valence-electron chi connectivity index (χ4n) is 2.32. The molecule has 1 heterocycles. The largest absolute Gasteiger partial charge is 0.377 e. The lowest BCUT2D eigenvalue weighted by atomic mass is 10.1. The number of benzene rings is 1. The Morgan fingerprint density at radius 2 is 2.24 bits per heavy atom. The summed E-state index contributed by atoms with van der Waals surface area (Å²) in [6, 6.07) is 5.09. The number of carbonyl (C=O) groups excluding carboxylic acids is 2. The van der Waals surface area contributed by atoms with E-state index in [1.807, 2.05) is 26.0 Å². The zero-order valence-corrected chi connectivity index (χ0v) is 14.3. The lowest BCUT2D eigenvalue weighted by Gasteiger charge is -2.34. The van der Waals surface area contributed by atoms with E-state index in [4.69, 9.17) is 4.74 Å². The fourth-order valence-corrected chi connectivity index (χ4v) is 2.91. The van der Waals surface area contributed by atoms with Gasteiger partial charge in [-0.05, 0) is 48.1 Å². The zero-order valence-electron chi connectivity index (χ0n) is 12.2. The minimum absolute atomic E-state index is 0.109. The van der Waals surface area contributed by atoms with Gasteiger partial charge in [0.25, 0.3) is 5.91 Å². The molecule has 0 radical (unpaired) electrons. The van der Waals surface area contributed by atoms with Gasteiger partial charge in [0.2, 0.25) is 5.91 Å². The Morgan fingerprint density at radius 3 is 2.95 bits per heavy atom. The summed E-state index contributed by atoms with van der Waals surface area (Å²) < 4.78 is 6.29. The molecule has 1 aromatic rings. The van der Waals surface area contributed by atoms with Gasteiger partial charge >= 0.3 is 0 Å². The van der Waals surface area contributed by atoms with Crippen molar-refractivity contribution in [3.63, 3.8) is 0 Å². The number of nitrogens with zero attached hydrogens (tertiary/aromatic N) is 1. The molecule has 5 nitrogen and oxygen atoms in total. The summed E-state index contributed by atoms with van der Waals surface area (Å²) in [4.78, 5) is 26.5. The zero-order chi connectivity index (χ0) is 15.4. The Morgan fingerprint density at radius 1 is 1.48 bits per heavy atom. The van der Waals surface area contributed by atoms with Gasteiger partial charge in [0.15, 0.2) is 0 Å². The van der Waals surface area contributed by atoms with Crippen LogP contribution in [0, 0.1) is 10.5 Å². The number of carbonyl (C=O) groups is 2. The van der Waals surface area contributed by atoms with Crippen molar-refractivity contribution in [2.45, 2.75) is 19.9 Å². The van der Waals surface area contributed by atoms with E-state index in [9.17, 15) is 9.59 Å². The minimum atomic E-state index is -0.553. The van der Waals surface area contributed by atoms with E-state index in [2.05, 4.69) is 27.9 Å². The smallest absolute Gasteiger partial charge is 0.255 e. The van der Waals surface area contributed by atoms with Crippen LogP contribution in [0.3, 0.4) is 0 Å². The van der Waals surface area contributed by atoms with E-state index < -0.39 is 6.04 Å². The maximum absolute atomic E-state index is 12.8. The van der Waals surface area contributed by atoms with Crippen molar-refractivity contribution in [2.24, 2.45) is 0 Å². The number of likely N-dealkylation sites (N-methyl/N-ethyl adjacent to an activating group) is 1. The second-order valence-electron chi connectivity index (χ2n) is 4.92. The average Bonchev–Trinajstić information content (AvgIpc) is 2.49. The van der Waals surface area contributed by atoms with Gasteiger partial charge in [-0.25, -0.2) is 0 Å². The second kappa shape index (κ2) is 7.22. The highest BCUT2D eigenvalue weighted by Crippen LogP contribution is 2.20. The lowest BCUT2D eigenvalue weighted by Crippen LogP contribution is -2.56. The van der Waals surface area contributed by atoms with Gasteiger partial charge in [-0.15, -0.1) is 0 Å².